The molecule has 0 aliphatic rings. The highest BCUT2D eigenvalue weighted by molar-refractivity contribution is 14.1. The fraction of sp³-hybridized carbons (Fsp3) is 0.250. The van der Waals surface area contributed by atoms with Crippen LogP contribution in [0.5, 0.6) is 0 Å². The van der Waals surface area contributed by atoms with Crippen LogP contribution in [0.25, 0.3) is 0 Å². The second-order valence-corrected chi connectivity index (χ2v) is 3.70. The minimum Gasteiger partial charge on any atom is -0.478 e. The van der Waals surface area contributed by atoms with E-state index >= 15 is 0 Å². The number of hydrogen-bond donors (Lipinski definition) is 1. The van der Waals surface area contributed by atoms with Gasteiger partial charge < -0.3 is 5.11 Å². The standard InChI is InChI=1S/C8H6F2INO2/c1-3-2-12-6(7(9)10)5(11)4(3)8(13)14/h2,7H,1H3,(H,13,14). The van der Waals surface area contributed by atoms with Crippen molar-refractivity contribution in [2.75, 3.05) is 0 Å². The summed E-state index contributed by atoms with van der Waals surface area (Å²) in [5, 5.41) is 8.78. The van der Waals surface area contributed by atoms with Crippen molar-refractivity contribution >= 4 is 28.6 Å². The highest BCUT2D eigenvalue weighted by Crippen LogP contribution is 2.26. The van der Waals surface area contributed by atoms with Gasteiger partial charge in [-0.3, -0.25) is 4.98 Å². The number of rotatable bonds is 2. The Bertz CT molecular complexity index is 382. The lowest BCUT2D eigenvalue weighted by atomic mass is 10.1. The lowest BCUT2D eigenvalue weighted by Gasteiger charge is -2.07. The molecule has 6 heteroatoms. The summed E-state index contributed by atoms with van der Waals surface area (Å²) in [5.41, 5.74) is -0.198. The van der Waals surface area contributed by atoms with Gasteiger partial charge in [-0.2, -0.15) is 0 Å². The van der Waals surface area contributed by atoms with E-state index in [1.807, 2.05) is 0 Å². The predicted molar refractivity (Wildman–Crippen MR) is 53.6 cm³/mol. The number of halogens is 3. The Balaban J connectivity index is 3.41. The fourth-order valence-electron chi connectivity index (χ4n) is 1.00. The van der Waals surface area contributed by atoms with Gasteiger partial charge in [-0.25, -0.2) is 13.6 Å². The summed E-state index contributed by atoms with van der Waals surface area (Å²) in [6.07, 6.45) is -1.60. The van der Waals surface area contributed by atoms with Crippen LogP contribution < -0.4 is 0 Å². The Hall–Kier alpha value is -0.790. The van der Waals surface area contributed by atoms with E-state index < -0.39 is 18.1 Å². The summed E-state index contributed by atoms with van der Waals surface area (Å²) in [7, 11) is 0. The zero-order valence-corrected chi connectivity index (χ0v) is 9.25. The van der Waals surface area contributed by atoms with Crippen LogP contribution in [-0.2, 0) is 0 Å². The van der Waals surface area contributed by atoms with Crippen molar-refractivity contribution < 1.29 is 18.7 Å². The molecule has 0 aliphatic heterocycles. The van der Waals surface area contributed by atoms with E-state index in [1.54, 1.807) is 22.6 Å². The average Bonchev–Trinajstić information content (AvgIpc) is 2.02. The molecule has 0 bridgehead atoms. The molecular formula is C8H6F2INO2. The van der Waals surface area contributed by atoms with Crippen molar-refractivity contribution in [1.82, 2.24) is 4.98 Å². The van der Waals surface area contributed by atoms with Gasteiger partial charge in [-0.15, -0.1) is 0 Å². The normalized spacial score (nSPS) is 10.6. The van der Waals surface area contributed by atoms with Gasteiger partial charge in [-0.05, 0) is 35.1 Å². The third-order valence-electron chi connectivity index (χ3n) is 1.66. The van der Waals surface area contributed by atoms with Crippen LogP contribution in [0.15, 0.2) is 6.20 Å². The summed E-state index contributed by atoms with van der Waals surface area (Å²) in [5.74, 6) is -1.21. The smallest absolute Gasteiger partial charge is 0.337 e. The molecule has 1 aromatic heterocycles. The summed E-state index contributed by atoms with van der Waals surface area (Å²) in [6.45, 7) is 1.52. The number of alkyl halides is 2. The van der Waals surface area contributed by atoms with Crippen molar-refractivity contribution in [3.8, 4) is 0 Å². The fourth-order valence-corrected chi connectivity index (χ4v) is 2.03. The van der Waals surface area contributed by atoms with E-state index in [4.69, 9.17) is 5.11 Å². The largest absolute Gasteiger partial charge is 0.478 e. The minimum atomic E-state index is -2.75. The van der Waals surface area contributed by atoms with Gasteiger partial charge in [0.1, 0.15) is 5.69 Å². The molecule has 0 fully saturated rings. The SMILES string of the molecule is Cc1cnc(C(F)F)c(I)c1C(=O)O. The van der Waals surface area contributed by atoms with Crippen LogP contribution in [0.4, 0.5) is 8.78 Å². The van der Waals surface area contributed by atoms with Gasteiger partial charge in [0.05, 0.1) is 9.13 Å². The molecule has 0 saturated heterocycles. The second kappa shape index (κ2) is 4.16. The quantitative estimate of drug-likeness (QED) is 0.854. The molecule has 0 unspecified atom stereocenters. The lowest BCUT2D eigenvalue weighted by molar-refractivity contribution is 0.0694. The molecule has 1 heterocycles. The maximum absolute atomic E-state index is 12.3. The molecule has 0 radical (unpaired) electrons. The third kappa shape index (κ3) is 1.99. The van der Waals surface area contributed by atoms with Crippen LogP contribution in [0.2, 0.25) is 0 Å². The molecule has 76 valence electrons. The van der Waals surface area contributed by atoms with Crippen LogP contribution in [0.3, 0.4) is 0 Å². The monoisotopic (exact) mass is 313 g/mol. The number of aromatic nitrogens is 1. The van der Waals surface area contributed by atoms with E-state index in [9.17, 15) is 13.6 Å². The number of carbonyl (C=O) groups is 1. The molecule has 0 spiro atoms. The van der Waals surface area contributed by atoms with Crippen molar-refractivity contribution in [1.29, 1.82) is 0 Å². The lowest BCUT2D eigenvalue weighted by Crippen LogP contribution is -2.08. The van der Waals surface area contributed by atoms with Gasteiger partial charge in [0, 0.05) is 6.20 Å². The van der Waals surface area contributed by atoms with E-state index in [-0.39, 0.29) is 9.13 Å². The summed E-state index contributed by atoms with van der Waals surface area (Å²) in [4.78, 5) is 14.2. The van der Waals surface area contributed by atoms with Crippen molar-refractivity contribution in [3.63, 3.8) is 0 Å². The number of aryl methyl sites for hydroxylation is 1. The van der Waals surface area contributed by atoms with E-state index in [0.717, 1.165) is 6.20 Å². The minimum absolute atomic E-state index is 0.00472. The van der Waals surface area contributed by atoms with Crippen LogP contribution in [-0.4, -0.2) is 16.1 Å². The van der Waals surface area contributed by atoms with E-state index in [1.165, 1.54) is 6.92 Å². The number of carboxylic acids is 1. The number of aromatic carboxylic acids is 1. The summed E-state index contributed by atoms with van der Waals surface area (Å²) >= 11 is 1.57. The van der Waals surface area contributed by atoms with Crippen LogP contribution in [0.1, 0.15) is 28.0 Å². The molecule has 0 amide bonds. The van der Waals surface area contributed by atoms with Gasteiger partial charge in [0.15, 0.2) is 0 Å². The van der Waals surface area contributed by atoms with E-state index in [0.29, 0.717) is 5.56 Å². The molecule has 0 saturated carbocycles. The van der Waals surface area contributed by atoms with E-state index in [2.05, 4.69) is 4.98 Å². The molecule has 1 aromatic rings. The molecule has 1 N–H and O–H groups in total. The zero-order chi connectivity index (χ0) is 10.9. The maximum Gasteiger partial charge on any atom is 0.337 e. The maximum atomic E-state index is 12.3. The molecule has 1 rings (SSSR count). The van der Waals surface area contributed by atoms with Crippen LogP contribution in [0, 0.1) is 10.5 Å². The predicted octanol–water partition coefficient (Wildman–Crippen LogP) is 2.63. The highest BCUT2D eigenvalue weighted by atomic mass is 127. The Kier molecular flexibility index (Phi) is 3.35. The Morgan fingerprint density at radius 3 is 2.64 bits per heavy atom. The Morgan fingerprint density at radius 2 is 2.21 bits per heavy atom. The third-order valence-corrected chi connectivity index (χ3v) is 2.75. The Labute approximate surface area is 92.3 Å². The van der Waals surface area contributed by atoms with Gasteiger partial charge >= 0.3 is 5.97 Å². The topological polar surface area (TPSA) is 50.2 Å². The van der Waals surface area contributed by atoms with Crippen LogP contribution >= 0.6 is 22.6 Å². The molecular weight excluding hydrogens is 307 g/mol. The first-order valence-corrected chi connectivity index (χ1v) is 4.69. The molecule has 3 nitrogen and oxygen atoms in total. The first kappa shape index (κ1) is 11.3. The molecule has 14 heavy (non-hydrogen) atoms. The van der Waals surface area contributed by atoms with Crippen molar-refractivity contribution in [2.24, 2.45) is 0 Å². The van der Waals surface area contributed by atoms with Gasteiger partial charge in [0.2, 0.25) is 0 Å². The second-order valence-electron chi connectivity index (χ2n) is 2.62. The van der Waals surface area contributed by atoms with Crippen molar-refractivity contribution in [3.05, 3.63) is 26.6 Å². The Morgan fingerprint density at radius 1 is 1.64 bits per heavy atom. The van der Waals surface area contributed by atoms with Gasteiger partial charge in [-0.1, -0.05) is 0 Å². The van der Waals surface area contributed by atoms with Gasteiger partial charge in [0.25, 0.3) is 6.43 Å². The number of pyridine rings is 1. The molecule has 0 aromatic carbocycles. The summed E-state index contributed by atoms with van der Waals surface area (Å²) < 4.78 is 24.7. The molecule has 0 atom stereocenters. The summed E-state index contributed by atoms with van der Waals surface area (Å²) in [6, 6.07) is 0. The number of hydrogen-bond acceptors (Lipinski definition) is 2. The average molecular weight is 313 g/mol. The number of nitrogens with zero attached hydrogens (tertiary/aromatic N) is 1. The molecule has 0 aliphatic carbocycles. The highest BCUT2D eigenvalue weighted by Gasteiger charge is 2.21. The first-order valence-electron chi connectivity index (χ1n) is 3.61. The number of carboxylic acid groups (broad SMARTS) is 1. The zero-order valence-electron chi connectivity index (χ0n) is 7.09. The van der Waals surface area contributed by atoms with Crippen molar-refractivity contribution in [2.45, 2.75) is 13.3 Å². The first-order chi connectivity index (χ1) is 6.45.